The van der Waals surface area contributed by atoms with Crippen molar-refractivity contribution in [2.45, 2.75) is 6.61 Å². The van der Waals surface area contributed by atoms with Crippen LogP contribution in [0.3, 0.4) is 0 Å². The van der Waals surface area contributed by atoms with Crippen LogP contribution >= 0.6 is 0 Å². The molecule has 16 heavy (non-hydrogen) atoms. The molecule has 0 saturated heterocycles. The molecule has 0 atom stereocenters. The molecule has 0 fully saturated rings. The molecule has 1 aromatic rings. The average molecular weight is 231 g/mol. The van der Waals surface area contributed by atoms with Crippen LogP contribution < -0.4 is 10.1 Å². The SMILES string of the molecule is CNC(=O)COc1c(F)cc(CO)cc1F. The average Bonchev–Trinajstić information content (AvgIpc) is 2.27. The third-order valence-electron chi connectivity index (χ3n) is 1.87. The maximum absolute atomic E-state index is 13.2. The number of likely N-dealkylation sites (N-methyl/N-ethyl adjacent to an activating group) is 1. The van der Waals surface area contributed by atoms with Gasteiger partial charge in [-0.25, -0.2) is 8.78 Å². The number of halogens is 2. The summed E-state index contributed by atoms with van der Waals surface area (Å²) < 4.78 is 31.2. The Kier molecular flexibility index (Phi) is 4.19. The zero-order valence-electron chi connectivity index (χ0n) is 8.59. The van der Waals surface area contributed by atoms with Gasteiger partial charge in [-0.05, 0) is 17.7 Å². The van der Waals surface area contributed by atoms with Crippen molar-refractivity contribution < 1.29 is 23.4 Å². The van der Waals surface area contributed by atoms with Crippen molar-refractivity contribution in [2.24, 2.45) is 0 Å². The minimum Gasteiger partial charge on any atom is -0.478 e. The van der Waals surface area contributed by atoms with Gasteiger partial charge in [0.15, 0.2) is 24.0 Å². The van der Waals surface area contributed by atoms with Crippen molar-refractivity contribution in [3.05, 3.63) is 29.3 Å². The molecule has 4 nitrogen and oxygen atoms in total. The van der Waals surface area contributed by atoms with Crippen molar-refractivity contribution in [1.29, 1.82) is 0 Å². The summed E-state index contributed by atoms with van der Waals surface area (Å²) in [5.74, 6) is -3.02. The molecular weight excluding hydrogens is 220 g/mol. The smallest absolute Gasteiger partial charge is 0.257 e. The highest BCUT2D eigenvalue weighted by Crippen LogP contribution is 2.23. The van der Waals surface area contributed by atoms with Crippen molar-refractivity contribution in [2.75, 3.05) is 13.7 Å². The lowest BCUT2D eigenvalue weighted by atomic mass is 10.2. The molecule has 1 amide bonds. The number of nitrogens with one attached hydrogen (secondary N) is 1. The zero-order chi connectivity index (χ0) is 12.1. The van der Waals surface area contributed by atoms with E-state index in [0.717, 1.165) is 12.1 Å². The lowest BCUT2D eigenvalue weighted by Crippen LogP contribution is -2.25. The first-order valence-corrected chi connectivity index (χ1v) is 4.50. The van der Waals surface area contributed by atoms with Crippen molar-refractivity contribution in [3.63, 3.8) is 0 Å². The summed E-state index contributed by atoms with van der Waals surface area (Å²) in [6.45, 7) is -0.938. The molecule has 0 heterocycles. The summed E-state index contributed by atoms with van der Waals surface area (Å²) in [6.07, 6.45) is 0. The van der Waals surface area contributed by atoms with E-state index in [9.17, 15) is 13.6 Å². The first-order chi connectivity index (χ1) is 7.58. The fraction of sp³-hybridized carbons (Fsp3) is 0.300. The second kappa shape index (κ2) is 5.41. The highest BCUT2D eigenvalue weighted by molar-refractivity contribution is 5.77. The number of aliphatic hydroxyl groups is 1. The standard InChI is InChI=1S/C10H11F2NO3/c1-13-9(15)5-16-10-7(11)2-6(4-14)3-8(10)12/h2-3,14H,4-5H2,1H3,(H,13,15). The molecule has 0 aliphatic carbocycles. The predicted octanol–water partition coefficient (Wildman–Crippen LogP) is 0.582. The van der Waals surface area contributed by atoms with E-state index in [0.29, 0.717) is 0 Å². The molecule has 0 aliphatic heterocycles. The second-order valence-corrected chi connectivity index (χ2v) is 3.01. The Morgan fingerprint density at radius 1 is 1.44 bits per heavy atom. The molecular formula is C10H11F2NO3. The van der Waals surface area contributed by atoms with Crippen LogP contribution in [-0.4, -0.2) is 24.7 Å². The van der Waals surface area contributed by atoms with E-state index in [1.54, 1.807) is 0 Å². The lowest BCUT2D eigenvalue weighted by molar-refractivity contribution is -0.122. The topological polar surface area (TPSA) is 58.6 Å². The number of rotatable bonds is 4. The van der Waals surface area contributed by atoms with Crippen LogP contribution in [0.25, 0.3) is 0 Å². The summed E-state index contributed by atoms with van der Waals surface area (Å²) in [5, 5.41) is 10.9. The third-order valence-corrected chi connectivity index (χ3v) is 1.87. The Morgan fingerprint density at radius 2 is 2.00 bits per heavy atom. The fourth-order valence-electron chi connectivity index (χ4n) is 1.05. The van der Waals surface area contributed by atoms with E-state index in [1.807, 2.05) is 0 Å². The first kappa shape index (κ1) is 12.4. The third kappa shape index (κ3) is 2.90. The van der Waals surface area contributed by atoms with Gasteiger partial charge in [0.2, 0.25) is 0 Å². The van der Waals surface area contributed by atoms with Crippen molar-refractivity contribution >= 4 is 5.91 Å². The Labute approximate surface area is 90.8 Å². The van der Waals surface area contributed by atoms with Gasteiger partial charge >= 0.3 is 0 Å². The predicted molar refractivity (Wildman–Crippen MR) is 51.8 cm³/mol. The van der Waals surface area contributed by atoms with Gasteiger partial charge in [0.1, 0.15) is 0 Å². The van der Waals surface area contributed by atoms with Crippen LogP contribution in [-0.2, 0) is 11.4 Å². The van der Waals surface area contributed by atoms with E-state index in [4.69, 9.17) is 5.11 Å². The summed E-state index contributed by atoms with van der Waals surface area (Å²) in [7, 11) is 1.38. The molecule has 0 saturated carbocycles. The summed E-state index contributed by atoms with van der Waals surface area (Å²) in [5.41, 5.74) is 0.0993. The number of aliphatic hydroxyl groups excluding tert-OH is 1. The largest absolute Gasteiger partial charge is 0.478 e. The van der Waals surface area contributed by atoms with E-state index >= 15 is 0 Å². The maximum atomic E-state index is 13.2. The van der Waals surface area contributed by atoms with Gasteiger partial charge in [0.05, 0.1) is 6.61 Å². The van der Waals surface area contributed by atoms with Gasteiger partial charge in [-0.15, -0.1) is 0 Å². The molecule has 0 bridgehead atoms. The highest BCUT2D eigenvalue weighted by atomic mass is 19.1. The van der Waals surface area contributed by atoms with Crippen molar-refractivity contribution in [3.8, 4) is 5.75 Å². The number of carbonyl (C=O) groups is 1. The van der Waals surface area contributed by atoms with Gasteiger partial charge in [-0.2, -0.15) is 0 Å². The molecule has 0 aromatic heterocycles. The van der Waals surface area contributed by atoms with Crippen LogP contribution in [0.5, 0.6) is 5.75 Å². The number of carbonyl (C=O) groups excluding carboxylic acids is 1. The van der Waals surface area contributed by atoms with E-state index < -0.39 is 36.5 Å². The zero-order valence-corrected chi connectivity index (χ0v) is 8.59. The number of hydrogen-bond donors (Lipinski definition) is 2. The number of hydrogen-bond acceptors (Lipinski definition) is 3. The molecule has 2 N–H and O–H groups in total. The Morgan fingerprint density at radius 3 is 2.44 bits per heavy atom. The number of amides is 1. The van der Waals surface area contributed by atoms with Gasteiger partial charge in [-0.1, -0.05) is 0 Å². The van der Waals surface area contributed by atoms with E-state index in [-0.39, 0.29) is 5.56 Å². The summed E-state index contributed by atoms with van der Waals surface area (Å²) >= 11 is 0. The van der Waals surface area contributed by atoms with Gasteiger partial charge in [0, 0.05) is 7.05 Å². The fourth-order valence-corrected chi connectivity index (χ4v) is 1.05. The summed E-state index contributed by atoms with van der Waals surface area (Å²) in [4.78, 5) is 10.8. The minimum absolute atomic E-state index is 0.0993. The number of ether oxygens (including phenoxy) is 1. The van der Waals surface area contributed by atoms with Crippen LogP contribution in [0.1, 0.15) is 5.56 Å². The van der Waals surface area contributed by atoms with Gasteiger partial charge in [0.25, 0.3) is 5.91 Å². The normalized spacial score (nSPS) is 10.0. The Balaban J connectivity index is 2.84. The Hall–Kier alpha value is -1.69. The molecule has 0 aliphatic rings. The molecule has 1 rings (SSSR count). The molecule has 88 valence electrons. The highest BCUT2D eigenvalue weighted by Gasteiger charge is 2.13. The van der Waals surface area contributed by atoms with Crippen LogP contribution in [0.2, 0.25) is 0 Å². The van der Waals surface area contributed by atoms with Crippen LogP contribution in [0, 0.1) is 11.6 Å². The summed E-state index contributed by atoms with van der Waals surface area (Å²) in [6, 6.07) is 1.89. The second-order valence-electron chi connectivity index (χ2n) is 3.01. The molecule has 1 aromatic carbocycles. The van der Waals surface area contributed by atoms with E-state index in [2.05, 4.69) is 10.1 Å². The molecule has 0 spiro atoms. The van der Waals surface area contributed by atoms with Crippen LogP contribution in [0.4, 0.5) is 8.78 Å². The van der Waals surface area contributed by atoms with Gasteiger partial charge < -0.3 is 15.2 Å². The van der Waals surface area contributed by atoms with Crippen LogP contribution in [0.15, 0.2) is 12.1 Å². The van der Waals surface area contributed by atoms with Crippen molar-refractivity contribution in [1.82, 2.24) is 5.32 Å². The Bertz CT molecular complexity index is 373. The maximum Gasteiger partial charge on any atom is 0.257 e. The number of benzene rings is 1. The molecule has 6 heteroatoms. The molecule has 0 radical (unpaired) electrons. The quantitative estimate of drug-likeness (QED) is 0.797. The van der Waals surface area contributed by atoms with Gasteiger partial charge in [-0.3, -0.25) is 4.79 Å². The first-order valence-electron chi connectivity index (χ1n) is 4.50. The minimum atomic E-state index is -0.951. The lowest BCUT2D eigenvalue weighted by Gasteiger charge is -2.08. The van der Waals surface area contributed by atoms with E-state index in [1.165, 1.54) is 7.05 Å². The monoisotopic (exact) mass is 231 g/mol. The molecule has 0 unspecified atom stereocenters.